The normalized spacial score (nSPS) is 12.6. The fourth-order valence-electron chi connectivity index (χ4n) is 4.13. The number of carbonyl (C=O) groups excluding carboxylic acids is 1. The molecule has 0 amide bonds. The van der Waals surface area contributed by atoms with Gasteiger partial charge < -0.3 is 14.2 Å². The van der Waals surface area contributed by atoms with Crippen LogP contribution in [-0.4, -0.2) is 26.1 Å². The SMILES string of the molecule is CCCc1cn2c(C(O)c3ccc(-c4ccccc4C(=O)OC(C)(C)C)cc3)ccc(C)c2n1. The van der Waals surface area contributed by atoms with Crippen LogP contribution in [0.1, 0.15) is 73.1 Å². The molecule has 0 spiro atoms. The zero-order chi connectivity index (χ0) is 24.5. The van der Waals surface area contributed by atoms with Crippen LogP contribution in [0, 0.1) is 6.92 Å². The van der Waals surface area contributed by atoms with Gasteiger partial charge in [-0.3, -0.25) is 0 Å². The fraction of sp³-hybridized carbons (Fsp3) is 0.310. The molecule has 34 heavy (non-hydrogen) atoms. The van der Waals surface area contributed by atoms with Gasteiger partial charge >= 0.3 is 5.97 Å². The van der Waals surface area contributed by atoms with Crippen molar-refractivity contribution in [1.82, 2.24) is 9.38 Å². The van der Waals surface area contributed by atoms with Crippen molar-refractivity contribution >= 4 is 11.6 Å². The lowest BCUT2D eigenvalue weighted by Crippen LogP contribution is -2.24. The predicted octanol–water partition coefficient (Wildman–Crippen LogP) is 6.30. The average Bonchev–Trinajstić information content (AvgIpc) is 3.23. The monoisotopic (exact) mass is 456 g/mol. The van der Waals surface area contributed by atoms with Crippen molar-refractivity contribution in [3.05, 3.63) is 94.9 Å². The number of aliphatic hydroxyl groups excluding tert-OH is 1. The molecule has 0 radical (unpaired) electrons. The van der Waals surface area contributed by atoms with Crippen LogP contribution >= 0.6 is 0 Å². The number of nitrogens with zero attached hydrogens (tertiary/aromatic N) is 2. The maximum Gasteiger partial charge on any atom is 0.339 e. The largest absolute Gasteiger partial charge is 0.456 e. The predicted molar refractivity (Wildman–Crippen MR) is 135 cm³/mol. The molecule has 1 unspecified atom stereocenters. The standard InChI is InChI=1S/C29H32N2O3/c1-6-9-22-18-31-25(17-12-19(2)27(31)30-22)26(32)21-15-13-20(14-16-21)23-10-7-8-11-24(23)28(33)34-29(3,4)5/h7-8,10-18,26,32H,6,9H2,1-5H3. The molecule has 5 nitrogen and oxygen atoms in total. The topological polar surface area (TPSA) is 63.8 Å². The molecule has 4 aromatic rings. The Morgan fingerprint density at radius 3 is 2.44 bits per heavy atom. The summed E-state index contributed by atoms with van der Waals surface area (Å²) >= 11 is 0. The molecule has 2 aromatic heterocycles. The molecule has 0 saturated carbocycles. The van der Waals surface area contributed by atoms with E-state index in [1.165, 1.54) is 0 Å². The van der Waals surface area contributed by atoms with E-state index in [1.807, 2.05) is 92.9 Å². The van der Waals surface area contributed by atoms with E-state index in [1.54, 1.807) is 6.07 Å². The van der Waals surface area contributed by atoms with Crippen LogP contribution in [0.15, 0.2) is 66.9 Å². The third kappa shape index (κ3) is 4.90. The molecule has 0 aliphatic rings. The molecule has 0 bridgehead atoms. The summed E-state index contributed by atoms with van der Waals surface area (Å²) in [5.74, 6) is -0.350. The van der Waals surface area contributed by atoms with Crippen molar-refractivity contribution in [2.45, 2.75) is 59.2 Å². The number of esters is 1. The van der Waals surface area contributed by atoms with Crippen LogP contribution < -0.4 is 0 Å². The van der Waals surface area contributed by atoms with E-state index in [0.29, 0.717) is 5.56 Å². The Bertz CT molecular complexity index is 1310. The van der Waals surface area contributed by atoms with Gasteiger partial charge in [-0.25, -0.2) is 9.78 Å². The molecular weight excluding hydrogens is 424 g/mol. The van der Waals surface area contributed by atoms with Crippen molar-refractivity contribution < 1.29 is 14.6 Å². The Morgan fingerprint density at radius 2 is 1.76 bits per heavy atom. The van der Waals surface area contributed by atoms with Crippen molar-refractivity contribution in [3.63, 3.8) is 0 Å². The summed E-state index contributed by atoms with van der Waals surface area (Å²) in [4.78, 5) is 17.5. The number of carbonyl (C=O) groups is 1. The molecule has 1 atom stereocenters. The zero-order valence-corrected chi connectivity index (χ0v) is 20.5. The van der Waals surface area contributed by atoms with Gasteiger partial charge in [0.15, 0.2) is 0 Å². The number of benzene rings is 2. The van der Waals surface area contributed by atoms with E-state index in [4.69, 9.17) is 9.72 Å². The van der Waals surface area contributed by atoms with Crippen LogP contribution in [0.3, 0.4) is 0 Å². The Labute approximate surface area is 201 Å². The summed E-state index contributed by atoms with van der Waals surface area (Å²) in [6.07, 6.45) is 3.15. The summed E-state index contributed by atoms with van der Waals surface area (Å²) in [6, 6.07) is 19.1. The molecule has 0 aliphatic heterocycles. The van der Waals surface area contributed by atoms with Crippen molar-refractivity contribution in [1.29, 1.82) is 0 Å². The van der Waals surface area contributed by atoms with E-state index < -0.39 is 11.7 Å². The minimum atomic E-state index is -0.804. The van der Waals surface area contributed by atoms with E-state index in [2.05, 4.69) is 6.92 Å². The highest BCUT2D eigenvalue weighted by molar-refractivity contribution is 5.97. The molecular formula is C29H32N2O3. The molecule has 0 aliphatic carbocycles. The van der Waals surface area contributed by atoms with Gasteiger partial charge in [0.2, 0.25) is 0 Å². The first-order valence-electron chi connectivity index (χ1n) is 11.8. The van der Waals surface area contributed by atoms with E-state index >= 15 is 0 Å². The molecule has 2 heterocycles. The minimum Gasteiger partial charge on any atom is -0.456 e. The number of rotatable bonds is 6. The second-order valence-electron chi connectivity index (χ2n) is 9.69. The minimum absolute atomic E-state index is 0.350. The van der Waals surface area contributed by atoms with Crippen molar-refractivity contribution in [2.75, 3.05) is 0 Å². The van der Waals surface area contributed by atoms with Crippen LogP contribution in [0.5, 0.6) is 0 Å². The fourth-order valence-corrected chi connectivity index (χ4v) is 4.13. The number of fused-ring (bicyclic) bond motifs is 1. The van der Waals surface area contributed by atoms with Gasteiger partial charge in [0.1, 0.15) is 17.4 Å². The number of aromatic nitrogens is 2. The lowest BCUT2D eigenvalue weighted by Gasteiger charge is -2.20. The van der Waals surface area contributed by atoms with Gasteiger partial charge in [-0.1, -0.05) is 61.9 Å². The van der Waals surface area contributed by atoms with E-state index in [-0.39, 0.29) is 5.97 Å². The summed E-state index contributed by atoms with van der Waals surface area (Å²) in [7, 11) is 0. The number of imidazole rings is 1. The van der Waals surface area contributed by atoms with Crippen LogP contribution in [0.4, 0.5) is 0 Å². The number of pyridine rings is 1. The number of aliphatic hydroxyl groups is 1. The van der Waals surface area contributed by atoms with Gasteiger partial charge in [0.05, 0.1) is 17.0 Å². The highest BCUT2D eigenvalue weighted by Gasteiger charge is 2.21. The summed E-state index contributed by atoms with van der Waals surface area (Å²) in [6.45, 7) is 9.74. The molecule has 0 fully saturated rings. The molecule has 5 heteroatoms. The smallest absolute Gasteiger partial charge is 0.339 e. The second kappa shape index (κ2) is 9.43. The van der Waals surface area contributed by atoms with Gasteiger partial charge in [-0.2, -0.15) is 0 Å². The lowest BCUT2D eigenvalue weighted by molar-refractivity contribution is 0.00704. The Kier molecular flexibility index (Phi) is 6.58. The summed E-state index contributed by atoms with van der Waals surface area (Å²) in [5, 5.41) is 11.2. The molecule has 1 N–H and O–H groups in total. The van der Waals surface area contributed by atoms with Crippen LogP contribution in [0.2, 0.25) is 0 Å². The van der Waals surface area contributed by atoms with Gasteiger partial charge in [-0.05, 0) is 68.5 Å². The number of aryl methyl sites for hydroxylation is 2. The first kappa shape index (κ1) is 23.7. The average molecular weight is 457 g/mol. The highest BCUT2D eigenvalue weighted by atomic mass is 16.6. The highest BCUT2D eigenvalue weighted by Crippen LogP contribution is 2.30. The molecule has 0 saturated heterocycles. The maximum absolute atomic E-state index is 12.7. The number of hydrogen-bond acceptors (Lipinski definition) is 4. The maximum atomic E-state index is 12.7. The Hall–Kier alpha value is -3.44. The lowest BCUT2D eigenvalue weighted by atomic mass is 9.96. The quantitative estimate of drug-likeness (QED) is 0.346. The number of hydrogen-bond donors (Lipinski definition) is 1. The van der Waals surface area contributed by atoms with Gasteiger partial charge in [0, 0.05) is 6.20 Å². The number of ether oxygens (including phenoxy) is 1. The third-order valence-corrected chi connectivity index (χ3v) is 5.76. The van der Waals surface area contributed by atoms with Crippen molar-refractivity contribution in [3.8, 4) is 11.1 Å². The third-order valence-electron chi connectivity index (χ3n) is 5.76. The second-order valence-corrected chi connectivity index (χ2v) is 9.69. The Morgan fingerprint density at radius 1 is 1.06 bits per heavy atom. The van der Waals surface area contributed by atoms with Gasteiger partial charge in [-0.15, -0.1) is 0 Å². The van der Waals surface area contributed by atoms with E-state index in [9.17, 15) is 9.90 Å². The first-order valence-corrected chi connectivity index (χ1v) is 11.8. The van der Waals surface area contributed by atoms with Crippen LogP contribution in [0.25, 0.3) is 16.8 Å². The van der Waals surface area contributed by atoms with Crippen LogP contribution in [-0.2, 0) is 11.2 Å². The summed E-state index contributed by atoms with van der Waals surface area (Å²) < 4.78 is 7.58. The first-order chi connectivity index (χ1) is 16.2. The van der Waals surface area contributed by atoms with E-state index in [0.717, 1.165) is 52.1 Å². The zero-order valence-electron chi connectivity index (χ0n) is 20.5. The molecule has 2 aromatic carbocycles. The van der Waals surface area contributed by atoms with Gasteiger partial charge in [0.25, 0.3) is 0 Å². The van der Waals surface area contributed by atoms with Crippen molar-refractivity contribution in [2.24, 2.45) is 0 Å². The molecule has 4 rings (SSSR count). The Balaban J connectivity index is 1.66. The summed E-state index contributed by atoms with van der Waals surface area (Å²) in [5.41, 5.74) is 6.17. The molecule has 176 valence electrons.